The molecule has 6 heteroatoms. The number of aromatic nitrogens is 2. The number of hydrogen-bond acceptors (Lipinski definition) is 6. The van der Waals surface area contributed by atoms with Gasteiger partial charge in [-0.25, -0.2) is 4.98 Å². The number of aliphatic hydroxyl groups excluding tert-OH is 1. The standard InChI is InChI=1S/C23H23N3O3/c1-16-7-9-17(10-8-16)13-24-14-19(27)15-28-20-5-2-4-18(12-20)22-21-6-3-11-25-23(21)29-26-22/h2-12,19,24,27H,13-15H2,1H3. The van der Waals surface area contributed by atoms with Gasteiger partial charge >= 0.3 is 0 Å². The molecule has 0 aliphatic rings. The number of benzene rings is 2. The highest BCUT2D eigenvalue weighted by atomic mass is 16.5. The maximum absolute atomic E-state index is 10.2. The van der Waals surface area contributed by atoms with Gasteiger partial charge in [0.25, 0.3) is 5.71 Å². The zero-order valence-corrected chi connectivity index (χ0v) is 16.2. The summed E-state index contributed by atoms with van der Waals surface area (Å²) in [5, 5.41) is 18.4. The summed E-state index contributed by atoms with van der Waals surface area (Å²) in [7, 11) is 0. The Kier molecular flexibility index (Phi) is 5.84. The molecule has 0 fully saturated rings. The molecule has 4 rings (SSSR count). The number of aryl methyl sites for hydroxylation is 1. The van der Waals surface area contributed by atoms with Crippen molar-refractivity contribution in [3.05, 3.63) is 78.0 Å². The second-order valence-corrected chi connectivity index (χ2v) is 7.00. The number of aliphatic hydroxyl groups is 1. The molecule has 6 nitrogen and oxygen atoms in total. The predicted octanol–water partition coefficient (Wildman–Crippen LogP) is 3.73. The molecule has 2 aromatic heterocycles. The SMILES string of the molecule is Cc1ccc(CNCC(O)COc2cccc(-c3noc4ncccc34)c2)cc1. The van der Waals surface area contributed by atoms with Crippen molar-refractivity contribution in [2.75, 3.05) is 13.2 Å². The van der Waals surface area contributed by atoms with Crippen molar-refractivity contribution in [1.29, 1.82) is 0 Å². The quantitative estimate of drug-likeness (QED) is 0.478. The fourth-order valence-electron chi connectivity index (χ4n) is 3.06. The Balaban J connectivity index is 1.32. The summed E-state index contributed by atoms with van der Waals surface area (Å²) in [6.07, 6.45) is 1.06. The molecular weight excluding hydrogens is 366 g/mol. The van der Waals surface area contributed by atoms with Gasteiger partial charge in [0.15, 0.2) is 0 Å². The minimum absolute atomic E-state index is 0.200. The Morgan fingerprint density at radius 2 is 1.97 bits per heavy atom. The van der Waals surface area contributed by atoms with Crippen LogP contribution in [0.4, 0.5) is 0 Å². The minimum atomic E-state index is -0.610. The molecule has 29 heavy (non-hydrogen) atoms. The second kappa shape index (κ2) is 8.86. The Morgan fingerprint density at radius 1 is 1.10 bits per heavy atom. The lowest BCUT2D eigenvalue weighted by molar-refractivity contribution is 0.106. The number of fused-ring (bicyclic) bond motifs is 1. The molecular formula is C23H23N3O3. The lowest BCUT2D eigenvalue weighted by Gasteiger charge is -2.14. The summed E-state index contributed by atoms with van der Waals surface area (Å²) in [4.78, 5) is 4.16. The molecule has 2 heterocycles. The third kappa shape index (κ3) is 4.80. The lowest BCUT2D eigenvalue weighted by Crippen LogP contribution is -2.31. The van der Waals surface area contributed by atoms with Gasteiger partial charge in [-0.3, -0.25) is 0 Å². The van der Waals surface area contributed by atoms with Crippen molar-refractivity contribution in [2.24, 2.45) is 0 Å². The average molecular weight is 389 g/mol. The maximum atomic E-state index is 10.2. The summed E-state index contributed by atoms with van der Waals surface area (Å²) < 4.78 is 11.1. The number of nitrogens with one attached hydrogen (secondary N) is 1. The van der Waals surface area contributed by atoms with Gasteiger partial charge in [0.05, 0.1) is 5.39 Å². The van der Waals surface area contributed by atoms with Crippen molar-refractivity contribution in [1.82, 2.24) is 15.5 Å². The van der Waals surface area contributed by atoms with Crippen molar-refractivity contribution in [3.8, 4) is 17.0 Å². The Morgan fingerprint density at radius 3 is 2.83 bits per heavy atom. The molecule has 4 aromatic rings. The van der Waals surface area contributed by atoms with E-state index in [4.69, 9.17) is 9.26 Å². The molecule has 0 aliphatic carbocycles. The first-order valence-electron chi connectivity index (χ1n) is 9.57. The van der Waals surface area contributed by atoms with Crippen LogP contribution in [0.25, 0.3) is 22.4 Å². The molecule has 0 bridgehead atoms. The van der Waals surface area contributed by atoms with Crippen LogP contribution in [0.1, 0.15) is 11.1 Å². The van der Waals surface area contributed by atoms with E-state index in [1.165, 1.54) is 11.1 Å². The van der Waals surface area contributed by atoms with Crippen molar-refractivity contribution in [2.45, 2.75) is 19.6 Å². The van der Waals surface area contributed by atoms with Crippen molar-refractivity contribution in [3.63, 3.8) is 0 Å². The molecule has 2 N–H and O–H groups in total. The van der Waals surface area contributed by atoms with Crippen LogP contribution in [0.2, 0.25) is 0 Å². The van der Waals surface area contributed by atoms with E-state index in [1.54, 1.807) is 6.20 Å². The summed E-state index contributed by atoms with van der Waals surface area (Å²) in [5.74, 6) is 0.667. The molecule has 1 unspecified atom stereocenters. The number of rotatable bonds is 8. The number of nitrogens with zero attached hydrogens (tertiary/aromatic N) is 2. The largest absolute Gasteiger partial charge is 0.491 e. The first kappa shape index (κ1) is 19.1. The first-order valence-corrected chi connectivity index (χ1v) is 9.57. The molecule has 0 aliphatic heterocycles. The van der Waals surface area contributed by atoms with E-state index in [2.05, 4.69) is 46.6 Å². The molecule has 0 saturated carbocycles. The van der Waals surface area contributed by atoms with Gasteiger partial charge in [-0.15, -0.1) is 0 Å². The average Bonchev–Trinajstić information content (AvgIpc) is 3.18. The van der Waals surface area contributed by atoms with Gasteiger partial charge in [-0.05, 0) is 36.8 Å². The normalized spacial score (nSPS) is 12.2. The van der Waals surface area contributed by atoms with Crippen LogP contribution >= 0.6 is 0 Å². The molecule has 2 aromatic carbocycles. The van der Waals surface area contributed by atoms with E-state index in [0.29, 0.717) is 24.6 Å². The van der Waals surface area contributed by atoms with E-state index >= 15 is 0 Å². The molecule has 0 spiro atoms. The lowest BCUT2D eigenvalue weighted by atomic mass is 10.1. The van der Waals surface area contributed by atoms with Crippen LogP contribution in [0.3, 0.4) is 0 Å². The third-order valence-electron chi connectivity index (χ3n) is 4.63. The Bertz CT molecular complexity index is 1080. The number of ether oxygens (including phenoxy) is 1. The van der Waals surface area contributed by atoms with Crippen LogP contribution in [0.5, 0.6) is 5.75 Å². The van der Waals surface area contributed by atoms with Crippen LogP contribution in [0, 0.1) is 6.92 Å². The monoisotopic (exact) mass is 389 g/mol. The highest BCUT2D eigenvalue weighted by Gasteiger charge is 2.12. The van der Waals surface area contributed by atoms with E-state index in [-0.39, 0.29) is 6.61 Å². The van der Waals surface area contributed by atoms with Gasteiger partial charge in [0.1, 0.15) is 24.2 Å². The molecule has 148 valence electrons. The summed E-state index contributed by atoms with van der Waals surface area (Å²) in [6.45, 7) is 3.42. The second-order valence-electron chi connectivity index (χ2n) is 7.00. The smallest absolute Gasteiger partial charge is 0.258 e. The minimum Gasteiger partial charge on any atom is -0.491 e. The van der Waals surface area contributed by atoms with Gasteiger partial charge in [0.2, 0.25) is 0 Å². The Labute approximate surface area is 169 Å². The fraction of sp³-hybridized carbons (Fsp3) is 0.217. The van der Waals surface area contributed by atoms with Gasteiger partial charge < -0.3 is 19.7 Å². The van der Waals surface area contributed by atoms with Gasteiger partial charge in [-0.1, -0.05) is 47.1 Å². The van der Waals surface area contributed by atoms with Crippen molar-refractivity contribution < 1.29 is 14.4 Å². The van der Waals surface area contributed by atoms with Crippen LogP contribution in [0.15, 0.2) is 71.4 Å². The summed E-state index contributed by atoms with van der Waals surface area (Å²) in [6, 6.07) is 19.7. The molecule has 1 atom stereocenters. The highest BCUT2D eigenvalue weighted by Crippen LogP contribution is 2.28. The summed E-state index contributed by atoms with van der Waals surface area (Å²) in [5.41, 5.74) is 4.52. The number of hydrogen-bond donors (Lipinski definition) is 2. The van der Waals surface area contributed by atoms with E-state index in [0.717, 1.165) is 16.6 Å². The topological polar surface area (TPSA) is 80.4 Å². The Hall–Kier alpha value is -3.22. The molecule has 0 radical (unpaired) electrons. The van der Waals surface area contributed by atoms with Crippen LogP contribution in [-0.4, -0.2) is 34.5 Å². The van der Waals surface area contributed by atoms with Crippen molar-refractivity contribution >= 4 is 11.1 Å². The molecule has 0 amide bonds. The maximum Gasteiger partial charge on any atom is 0.258 e. The highest BCUT2D eigenvalue weighted by molar-refractivity contribution is 5.89. The van der Waals surface area contributed by atoms with Crippen LogP contribution < -0.4 is 10.1 Å². The van der Waals surface area contributed by atoms with Gasteiger partial charge in [0, 0.05) is 24.8 Å². The molecule has 0 saturated heterocycles. The van der Waals surface area contributed by atoms with E-state index < -0.39 is 6.10 Å². The third-order valence-corrected chi connectivity index (χ3v) is 4.63. The fourth-order valence-corrected chi connectivity index (χ4v) is 3.06. The zero-order chi connectivity index (χ0) is 20.1. The van der Waals surface area contributed by atoms with E-state index in [9.17, 15) is 5.11 Å². The number of pyridine rings is 1. The van der Waals surface area contributed by atoms with Crippen LogP contribution in [-0.2, 0) is 6.54 Å². The van der Waals surface area contributed by atoms with E-state index in [1.807, 2.05) is 36.4 Å². The summed E-state index contributed by atoms with van der Waals surface area (Å²) >= 11 is 0. The predicted molar refractivity (Wildman–Crippen MR) is 112 cm³/mol. The van der Waals surface area contributed by atoms with Gasteiger partial charge in [-0.2, -0.15) is 0 Å². The zero-order valence-electron chi connectivity index (χ0n) is 16.2. The first-order chi connectivity index (χ1) is 14.2.